The van der Waals surface area contributed by atoms with Gasteiger partial charge in [-0.15, -0.1) is 6.58 Å². The Morgan fingerprint density at radius 1 is 1.19 bits per heavy atom. The van der Waals surface area contributed by atoms with Gasteiger partial charge in [-0.05, 0) is 68.5 Å². The summed E-state index contributed by atoms with van der Waals surface area (Å²) >= 11 is 12.6. The third-order valence-corrected chi connectivity index (χ3v) is 7.21. The Balaban J connectivity index is 2.27. The maximum Gasteiger partial charge on any atom is 0.229 e. The third kappa shape index (κ3) is 4.90. The number of piperidine rings is 1. The van der Waals surface area contributed by atoms with Gasteiger partial charge in [0.15, 0.2) is 0 Å². The molecule has 0 radical (unpaired) electrons. The van der Waals surface area contributed by atoms with E-state index in [0.29, 0.717) is 29.3 Å². The number of aliphatic hydroxyl groups is 1. The lowest BCUT2D eigenvalue weighted by Gasteiger charge is -2.54. The summed E-state index contributed by atoms with van der Waals surface area (Å²) in [4.78, 5) is 16.0. The van der Waals surface area contributed by atoms with Crippen LogP contribution >= 0.6 is 23.2 Å². The lowest BCUT2D eigenvalue weighted by molar-refractivity contribution is -0.162. The van der Waals surface area contributed by atoms with Crippen LogP contribution in [0.15, 0.2) is 61.2 Å². The molecular weight excluding hydrogens is 441 g/mol. The molecule has 3 rings (SSSR count). The van der Waals surface area contributed by atoms with Crippen molar-refractivity contribution >= 4 is 29.1 Å². The summed E-state index contributed by atoms with van der Waals surface area (Å²) in [6.45, 7) is 11.5. The van der Waals surface area contributed by atoms with E-state index in [9.17, 15) is 9.90 Å². The number of likely N-dealkylation sites (tertiary alicyclic amines) is 1. The molecule has 172 valence electrons. The predicted molar refractivity (Wildman–Crippen MR) is 133 cm³/mol. The molecule has 0 aliphatic carbocycles. The van der Waals surface area contributed by atoms with Crippen molar-refractivity contribution < 1.29 is 9.90 Å². The van der Waals surface area contributed by atoms with Crippen molar-refractivity contribution in [2.75, 3.05) is 0 Å². The molecule has 5 heteroatoms. The van der Waals surface area contributed by atoms with Crippen molar-refractivity contribution in [2.45, 2.75) is 70.6 Å². The standard InChI is InChI=1S/C27H33Cl2NO2/c1-6-15-27(5)17-22(19-9-8-10-21(29)16-19)24(18-11-13-20(28)14-12-18)30(25(27)31)23(7-2)26(3,4)32/h6,8-14,16,22-24,32H,1,7,15,17H2,2-5H3/t22-,23?,24?,27+/m1/s1. The second kappa shape index (κ2) is 9.59. The van der Waals surface area contributed by atoms with E-state index >= 15 is 0 Å². The first-order valence-electron chi connectivity index (χ1n) is 11.2. The van der Waals surface area contributed by atoms with Gasteiger partial charge in [-0.2, -0.15) is 0 Å². The molecule has 32 heavy (non-hydrogen) atoms. The van der Waals surface area contributed by atoms with Crippen LogP contribution in [0.25, 0.3) is 0 Å². The van der Waals surface area contributed by atoms with Crippen molar-refractivity contribution in [3.05, 3.63) is 82.4 Å². The number of nitrogens with zero attached hydrogens (tertiary/aromatic N) is 1. The monoisotopic (exact) mass is 473 g/mol. The molecule has 2 aromatic carbocycles. The topological polar surface area (TPSA) is 40.5 Å². The summed E-state index contributed by atoms with van der Waals surface area (Å²) in [5, 5.41) is 12.4. The molecule has 2 unspecified atom stereocenters. The number of carbonyl (C=O) groups is 1. The van der Waals surface area contributed by atoms with E-state index in [2.05, 4.69) is 12.6 Å². The molecule has 0 saturated carbocycles. The molecule has 0 spiro atoms. The van der Waals surface area contributed by atoms with Gasteiger partial charge in [0.25, 0.3) is 0 Å². The predicted octanol–water partition coefficient (Wildman–Crippen LogP) is 7.18. The molecule has 0 bridgehead atoms. The molecular formula is C27H33Cl2NO2. The number of amides is 1. The highest BCUT2D eigenvalue weighted by Gasteiger charge is 2.52. The van der Waals surface area contributed by atoms with Gasteiger partial charge in [-0.3, -0.25) is 4.79 Å². The summed E-state index contributed by atoms with van der Waals surface area (Å²) in [5.74, 6) is 0.0403. The van der Waals surface area contributed by atoms with Gasteiger partial charge in [0.05, 0.1) is 23.1 Å². The number of allylic oxidation sites excluding steroid dienone is 1. The summed E-state index contributed by atoms with van der Waals surface area (Å²) in [6, 6.07) is 15.0. The average Bonchev–Trinajstić information content (AvgIpc) is 2.71. The van der Waals surface area contributed by atoms with Gasteiger partial charge in [0.2, 0.25) is 5.91 Å². The Bertz CT molecular complexity index is 966. The van der Waals surface area contributed by atoms with Crippen molar-refractivity contribution in [1.29, 1.82) is 0 Å². The Labute approximate surface area is 202 Å². The minimum atomic E-state index is -1.07. The minimum Gasteiger partial charge on any atom is -0.388 e. The molecule has 4 atom stereocenters. The maximum atomic E-state index is 14.1. The Hall–Kier alpha value is -1.81. The number of rotatable bonds is 7. The van der Waals surface area contributed by atoms with Crippen LogP contribution in [0.4, 0.5) is 0 Å². The van der Waals surface area contributed by atoms with Gasteiger partial charge < -0.3 is 10.0 Å². The summed E-state index contributed by atoms with van der Waals surface area (Å²) < 4.78 is 0. The first-order chi connectivity index (χ1) is 15.0. The molecule has 0 aromatic heterocycles. The summed E-state index contributed by atoms with van der Waals surface area (Å²) in [5.41, 5.74) is 0.378. The number of hydrogen-bond acceptors (Lipinski definition) is 2. The first kappa shape index (κ1) is 24.8. The van der Waals surface area contributed by atoms with Crippen LogP contribution in [0.1, 0.15) is 70.0 Å². The van der Waals surface area contributed by atoms with Gasteiger partial charge >= 0.3 is 0 Å². The molecule has 2 aromatic rings. The normalized spacial score (nSPS) is 25.0. The van der Waals surface area contributed by atoms with Gasteiger partial charge in [-0.1, -0.05) is 67.4 Å². The molecule has 1 fully saturated rings. The zero-order chi connectivity index (χ0) is 23.7. The number of hydrogen-bond donors (Lipinski definition) is 1. The smallest absolute Gasteiger partial charge is 0.229 e. The van der Waals surface area contributed by atoms with Crippen LogP contribution in [0.5, 0.6) is 0 Å². The van der Waals surface area contributed by atoms with Crippen molar-refractivity contribution in [2.24, 2.45) is 5.41 Å². The molecule has 1 aliphatic heterocycles. The zero-order valence-electron chi connectivity index (χ0n) is 19.3. The highest BCUT2D eigenvalue weighted by atomic mass is 35.5. The molecule has 1 heterocycles. The third-order valence-electron chi connectivity index (χ3n) is 6.72. The second-order valence-corrected chi connectivity index (χ2v) is 10.6. The van der Waals surface area contributed by atoms with Crippen LogP contribution in [0.3, 0.4) is 0 Å². The van der Waals surface area contributed by atoms with E-state index in [1.165, 1.54) is 0 Å². The van der Waals surface area contributed by atoms with E-state index in [1.54, 1.807) is 13.8 Å². The fraction of sp³-hybridized carbons (Fsp3) is 0.444. The molecule has 1 N–H and O–H groups in total. The molecule has 1 aliphatic rings. The van der Waals surface area contributed by atoms with Crippen LogP contribution in [-0.4, -0.2) is 27.6 Å². The number of benzene rings is 2. The van der Waals surface area contributed by atoms with Gasteiger partial charge in [0.1, 0.15) is 0 Å². The number of carbonyl (C=O) groups excluding carboxylic acids is 1. The Morgan fingerprint density at radius 3 is 2.38 bits per heavy atom. The Morgan fingerprint density at radius 2 is 1.84 bits per heavy atom. The number of halogens is 2. The van der Waals surface area contributed by atoms with Gasteiger partial charge in [0, 0.05) is 16.0 Å². The molecule has 3 nitrogen and oxygen atoms in total. The van der Waals surface area contributed by atoms with E-state index in [0.717, 1.165) is 11.1 Å². The zero-order valence-corrected chi connectivity index (χ0v) is 20.8. The van der Waals surface area contributed by atoms with Crippen molar-refractivity contribution in [3.8, 4) is 0 Å². The van der Waals surface area contributed by atoms with Crippen molar-refractivity contribution in [3.63, 3.8) is 0 Å². The van der Waals surface area contributed by atoms with E-state index in [4.69, 9.17) is 23.2 Å². The minimum absolute atomic E-state index is 0.00562. The lowest BCUT2D eigenvalue weighted by Crippen LogP contribution is -2.60. The second-order valence-electron chi connectivity index (χ2n) is 9.71. The lowest BCUT2D eigenvalue weighted by atomic mass is 9.66. The average molecular weight is 474 g/mol. The fourth-order valence-electron chi connectivity index (χ4n) is 5.27. The highest BCUT2D eigenvalue weighted by molar-refractivity contribution is 6.30. The highest BCUT2D eigenvalue weighted by Crippen LogP contribution is 2.53. The van der Waals surface area contributed by atoms with E-state index < -0.39 is 11.0 Å². The maximum absolute atomic E-state index is 14.1. The van der Waals surface area contributed by atoms with Crippen LogP contribution in [0.2, 0.25) is 10.0 Å². The van der Waals surface area contributed by atoms with Crippen LogP contribution in [0, 0.1) is 5.41 Å². The summed E-state index contributed by atoms with van der Waals surface area (Å²) in [6.07, 6.45) is 3.67. The van der Waals surface area contributed by atoms with Crippen LogP contribution in [-0.2, 0) is 4.79 Å². The van der Waals surface area contributed by atoms with Crippen LogP contribution < -0.4 is 0 Å². The van der Waals surface area contributed by atoms with Crippen molar-refractivity contribution in [1.82, 2.24) is 4.90 Å². The Kier molecular flexibility index (Phi) is 7.44. The largest absolute Gasteiger partial charge is 0.388 e. The van der Waals surface area contributed by atoms with E-state index in [1.807, 2.05) is 67.3 Å². The van der Waals surface area contributed by atoms with Gasteiger partial charge in [-0.25, -0.2) is 0 Å². The quantitative estimate of drug-likeness (QED) is 0.432. The summed E-state index contributed by atoms with van der Waals surface area (Å²) in [7, 11) is 0. The van der Waals surface area contributed by atoms with E-state index in [-0.39, 0.29) is 23.9 Å². The SMILES string of the molecule is C=CC[C@@]1(C)C[C@H](c2cccc(Cl)c2)C(c2ccc(Cl)cc2)N(C(CC)C(C)(C)O)C1=O. The molecule has 1 amide bonds. The molecule has 1 saturated heterocycles. The first-order valence-corrected chi connectivity index (χ1v) is 11.9. The fourth-order valence-corrected chi connectivity index (χ4v) is 5.59.